The van der Waals surface area contributed by atoms with E-state index in [1.165, 1.54) is 17.6 Å². The van der Waals surface area contributed by atoms with Crippen LogP contribution in [-0.4, -0.2) is 36.3 Å². The lowest BCUT2D eigenvalue weighted by Crippen LogP contribution is -2.29. The number of hydrogen-bond acceptors (Lipinski definition) is 6. The SMILES string of the molecule is O=C1c2cccc(-n3c4cc(-c5cncnc5)ccc4c4ccc(-c5cncnc5)cc43)c2C(=O)N1c1ccc(-c2ccccc2)cc1. The molecule has 0 radical (unpaired) electrons. The Hall–Kier alpha value is -6.80. The van der Waals surface area contributed by atoms with E-state index >= 15 is 0 Å². The largest absolute Gasteiger partial charge is 0.308 e. The maximum Gasteiger partial charge on any atom is 0.268 e. The summed E-state index contributed by atoms with van der Waals surface area (Å²) >= 11 is 0. The molecule has 8 nitrogen and oxygen atoms in total. The van der Waals surface area contributed by atoms with E-state index in [1.54, 1.807) is 30.9 Å². The summed E-state index contributed by atoms with van der Waals surface area (Å²) in [5, 5.41) is 2.01. The number of nitrogens with zero attached hydrogens (tertiary/aromatic N) is 6. The Bertz CT molecular complexity index is 2430. The molecule has 0 fully saturated rings. The Balaban J connectivity index is 1.24. The van der Waals surface area contributed by atoms with Crippen LogP contribution in [0.2, 0.25) is 0 Å². The molecule has 226 valence electrons. The molecule has 9 rings (SSSR count). The zero-order valence-electron chi connectivity index (χ0n) is 25.4. The maximum atomic E-state index is 14.4. The number of aromatic nitrogens is 5. The summed E-state index contributed by atoms with van der Waals surface area (Å²) in [7, 11) is 0. The van der Waals surface area contributed by atoms with Gasteiger partial charge in [0.25, 0.3) is 11.8 Å². The molecule has 5 aromatic carbocycles. The number of anilines is 1. The zero-order chi connectivity index (χ0) is 32.2. The molecule has 8 heteroatoms. The number of benzene rings is 5. The van der Waals surface area contributed by atoms with Crippen LogP contribution in [0.1, 0.15) is 20.7 Å². The van der Waals surface area contributed by atoms with Gasteiger partial charge in [0, 0.05) is 46.7 Å². The van der Waals surface area contributed by atoms with Crippen LogP contribution in [0, 0.1) is 0 Å². The first-order valence-corrected chi connectivity index (χ1v) is 15.4. The van der Waals surface area contributed by atoms with Gasteiger partial charge in [-0.15, -0.1) is 0 Å². The highest BCUT2D eigenvalue weighted by Crippen LogP contribution is 2.40. The number of hydrogen-bond donors (Lipinski definition) is 0. The Kier molecular flexibility index (Phi) is 6.26. The number of amides is 2. The molecule has 0 saturated heterocycles. The first-order chi connectivity index (χ1) is 23.7. The van der Waals surface area contributed by atoms with Crippen LogP contribution in [0.25, 0.3) is 60.9 Å². The van der Waals surface area contributed by atoms with Crippen molar-refractivity contribution >= 4 is 39.3 Å². The van der Waals surface area contributed by atoms with Gasteiger partial charge < -0.3 is 4.57 Å². The second kappa shape index (κ2) is 10.9. The highest BCUT2D eigenvalue weighted by atomic mass is 16.2. The number of rotatable bonds is 5. The van der Waals surface area contributed by atoms with Crippen LogP contribution in [0.15, 0.2) is 147 Å². The molecule has 0 N–H and O–H groups in total. The molecule has 2 amide bonds. The molecule has 0 atom stereocenters. The van der Waals surface area contributed by atoms with Crippen LogP contribution >= 0.6 is 0 Å². The average Bonchev–Trinajstić information content (AvgIpc) is 3.62. The standard InChI is InChI=1S/C40H24N6O2/c47-39-34-7-4-8-35(38(34)40(48)45(39)31-13-9-26(10-14-31)25-5-2-1-3-6-25)46-36-17-27(29-19-41-23-42-20-29)11-15-32(36)33-16-12-28(18-37(33)46)30-21-43-24-44-22-30/h1-24H. The van der Waals surface area contributed by atoms with E-state index in [2.05, 4.69) is 60.9 Å². The van der Waals surface area contributed by atoms with Crippen LogP contribution in [0.4, 0.5) is 5.69 Å². The minimum Gasteiger partial charge on any atom is -0.308 e. The third-order valence-electron chi connectivity index (χ3n) is 8.92. The summed E-state index contributed by atoms with van der Waals surface area (Å²) < 4.78 is 2.08. The number of imide groups is 1. The lowest BCUT2D eigenvalue weighted by molar-refractivity contribution is 0.0926. The second-order valence-corrected chi connectivity index (χ2v) is 11.6. The lowest BCUT2D eigenvalue weighted by atomic mass is 10.0. The number of carbonyl (C=O) groups is 2. The van der Waals surface area contributed by atoms with Crippen molar-refractivity contribution in [2.24, 2.45) is 0 Å². The highest BCUT2D eigenvalue weighted by molar-refractivity contribution is 6.35. The van der Waals surface area contributed by atoms with E-state index in [4.69, 9.17) is 0 Å². The molecule has 1 aliphatic heterocycles. The Morgan fingerprint density at radius 1 is 0.458 bits per heavy atom. The van der Waals surface area contributed by atoms with Gasteiger partial charge in [-0.3, -0.25) is 9.59 Å². The fraction of sp³-hybridized carbons (Fsp3) is 0. The molecule has 1 aliphatic rings. The van der Waals surface area contributed by atoms with Crippen LogP contribution in [0.3, 0.4) is 0 Å². The van der Waals surface area contributed by atoms with E-state index < -0.39 is 0 Å². The van der Waals surface area contributed by atoms with Crippen molar-refractivity contribution < 1.29 is 9.59 Å². The van der Waals surface area contributed by atoms with Crippen molar-refractivity contribution in [3.8, 4) is 39.1 Å². The molecule has 48 heavy (non-hydrogen) atoms. The molecule has 0 aliphatic carbocycles. The smallest absolute Gasteiger partial charge is 0.268 e. The van der Waals surface area contributed by atoms with Crippen molar-refractivity contribution in [2.75, 3.05) is 4.90 Å². The van der Waals surface area contributed by atoms with Gasteiger partial charge in [-0.1, -0.05) is 72.8 Å². The minimum atomic E-state index is -0.367. The molecule has 8 aromatic rings. The molecule has 0 saturated carbocycles. The topological polar surface area (TPSA) is 93.9 Å². The third kappa shape index (κ3) is 4.31. The van der Waals surface area contributed by atoms with Crippen molar-refractivity contribution in [3.05, 3.63) is 158 Å². The van der Waals surface area contributed by atoms with Gasteiger partial charge in [0.15, 0.2) is 0 Å². The van der Waals surface area contributed by atoms with E-state index in [9.17, 15) is 9.59 Å². The number of fused-ring (bicyclic) bond motifs is 4. The minimum absolute atomic E-state index is 0.352. The van der Waals surface area contributed by atoms with E-state index in [-0.39, 0.29) is 11.8 Å². The monoisotopic (exact) mass is 620 g/mol. The Labute approximate surface area is 274 Å². The predicted octanol–water partition coefficient (Wildman–Crippen LogP) is 8.17. The van der Waals surface area contributed by atoms with Crippen molar-refractivity contribution in [1.29, 1.82) is 0 Å². The third-order valence-corrected chi connectivity index (χ3v) is 8.92. The van der Waals surface area contributed by atoms with Crippen molar-refractivity contribution in [3.63, 3.8) is 0 Å². The fourth-order valence-electron chi connectivity index (χ4n) is 6.66. The van der Waals surface area contributed by atoms with Crippen molar-refractivity contribution in [2.45, 2.75) is 0 Å². The quantitative estimate of drug-likeness (QED) is 0.180. The molecule has 0 bridgehead atoms. The van der Waals surface area contributed by atoms with E-state index in [0.29, 0.717) is 22.5 Å². The van der Waals surface area contributed by atoms with Gasteiger partial charge in [-0.25, -0.2) is 24.8 Å². The predicted molar refractivity (Wildman–Crippen MR) is 186 cm³/mol. The molecule has 0 spiro atoms. The first-order valence-electron chi connectivity index (χ1n) is 15.4. The normalized spacial score (nSPS) is 12.6. The fourth-order valence-corrected chi connectivity index (χ4v) is 6.66. The molecular formula is C40H24N6O2. The van der Waals surface area contributed by atoms with Gasteiger partial charge in [-0.05, 0) is 58.7 Å². The Morgan fingerprint density at radius 3 is 1.58 bits per heavy atom. The van der Waals surface area contributed by atoms with Gasteiger partial charge in [0.05, 0.1) is 33.5 Å². The molecular weight excluding hydrogens is 596 g/mol. The average molecular weight is 621 g/mol. The maximum absolute atomic E-state index is 14.4. The summed E-state index contributed by atoms with van der Waals surface area (Å²) in [5.41, 5.74) is 9.28. The Morgan fingerprint density at radius 2 is 1.00 bits per heavy atom. The molecule has 3 aromatic heterocycles. The summed E-state index contributed by atoms with van der Waals surface area (Å²) in [4.78, 5) is 46.5. The summed E-state index contributed by atoms with van der Waals surface area (Å²) in [6, 6.07) is 35.4. The molecule has 4 heterocycles. The van der Waals surface area contributed by atoms with Crippen LogP contribution < -0.4 is 4.90 Å². The van der Waals surface area contributed by atoms with E-state index in [0.717, 1.165) is 55.2 Å². The second-order valence-electron chi connectivity index (χ2n) is 11.6. The highest BCUT2D eigenvalue weighted by Gasteiger charge is 2.39. The van der Waals surface area contributed by atoms with Gasteiger partial charge in [0.1, 0.15) is 12.7 Å². The summed E-state index contributed by atoms with van der Waals surface area (Å²) in [6.45, 7) is 0. The van der Waals surface area contributed by atoms with Crippen LogP contribution in [-0.2, 0) is 0 Å². The first kappa shape index (κ1) is 27.5. The van der Waals surface area contributed by atoms with Gasteiger partial charge in [0.2, 0.25) is 0 Å². The van der Waals surface area contributed by atoms with Crippen molar-refractivity contribution in [1.82, 2.24) is 24.5 Å². The number of carbonyl (C=O) groups excluding carboxylic acids is 2. The summed E-state index contributed by atoms with van der Waals surface area (Å²) in [6.07, 6.45) is 10.1. The van der Waals surface area contributed by atoms with E-state index in [1.807, 2.05) is 66.7 Å². The zero-order valence-corrected chi connectivity index (χ0v) is 25.4. The molecule has 0 unspecified atom stereocenters. The van der Waals surface area contributed by atoms with Gasteiger partial charge >= 0.3 is 0 Å². The van der Waals surface area contributed by atoms with Crippen LogP contribution in [0.5, 0.6) is 0 Å². The summed E-state index contributed by atoms with van der Waals surface area (Å²) in [5.74, 6) is -0.720. The van der Waals surface area contributed by atoms with Gasteiger partial charge in [-0.2, -0.15) is 0 Å². The lowest BCUT2D eigenvalue weighted by Gasteiger charge is -2.15.